The van der Waals surface area contributed by atoms with Gasteiger partial charge in [-0.2, -0.15) is 0 Å². The van der Waals surface area contributed by atoms with Crippen LogP contribution in [0.4, 0.5) is 0 Å². The summed E-state index contributed by atoms with van der Waals surface area (Å²) in [4.78, 5) is 4.37. The van der Waals surface area contributed by atoms with Crippen LogP contribution in [-0.4, -0.2) is 9.55 Å². The first-order chi connectivity index (χ1) is 8.22. The number of benzene rings is 1. The number of para-hydroxylation sites is 1. The summed E-state index contributed by atoms with van der Waals surface area (Å²) in [5.41, 5.74) is 2.33. The van der Waals surface area contributed by atoms with Gasteiger partial charge in [0, 0.05) is 18.4 Å². The van der Waals surface area contributed by atoms with Crippen molar-refractivity contribution in [3.05, 3.63) is 47.5 Å². The second-order valence-electron chi connectivity index (χ2n) is 4.11. The van der Waals surface area contributed by atoms with E-state index in [0.717, 1.165) is 23.7 Å². The van der Waals surface area contributed by atoms with Gasteiger partial charge in [-0.1, -0.05) is 18.2 Å². The van der Waals surface area contributed by atoms with Crippen molar-refractivity contribution in [2.24, 2.45) is 0 Å². The van der Waals surface area contributed by atoms with Crippen molar-refractivity contribution < 1.29 is 4.74 Å². The molecule has 0 amide bonds. The molecular weight excluding hydrogens is 212 g/mol. The Bertz CT molecular complexity index is 503. The first kappa shape index (κ1) is 11.7. The molecular formula is C14H18N2O. The number of ether oxygens (including phenoxy) is 1. The fourth-order valence-electron chi connectivity index (χ4n) is 1.92. The monoisotopic (exact) mass is 230 g/mol. The highest BCUT2D eigenvalue weighted by atomic mass is 16.5. The molecule has 0 spiro atoms. The fourth-order valence-corrected chi connectivity index (χ4v) is 1.92. The topological polar surface area (TPSA) is 27.1 Å². The smallest absolute Gasteiger partial charge is 0.146 e. The maximum atomic E-state index is 5.80. The van der Waals surface area contributed by atoms with Gasteiger partial charge < -0.3 is 9.30 Å². The standard InChI is InChI=1S/C14H18N2O/c1-4-16-12(3)9-15-14(16)10-17-13-8-6-5-7-11(13)2/h5-9H,4,10H2,1-3H3. The molecule has 0 aliphatic carbocycles. The highest BCUT2D eigenvalue weighted by molar-refractivity contribution is 5.31. The summed E-state index contributed by atoms with van der Waals surface area (Å²) < 4.78 is 7.96. The molecule has 17 heavy (non-hydrogen) atoms. The van der Waals surface area contributed by atoms with E-state index in [-0.39, 0.29) is 0 Å². The van der Waals surface area contributed by atoms with Crippen molar-refractivity contribution in [2.75, 3.05) is 0 Å². The van der Waals surface area contributed by atoms with E-state index in [0.29, 0.717) is 6.61 Å². The van der Waals surface area contributed by atoms with Crippen LogP contribution in [0.15, 0.2) is 30.5 Å². The Kier molecular flexibility index (Phi) is 3.47. The second-order valence-corrected chi connectivity index (χ2v) is 4.11. The van der Waals surface area contributed by atoms with Crippen LogP contribution in [-0.2, 0) is 13.2 Å². The molecule has 0 fully saturated rings. The normalized spacial score (nSPS) is 10.5. The second kappa shape index (κ2) is 5.04. The lowest BCUT2D eigenvalue weighted by Crippen LogP contribution is -2.07. The van der Waals surface area contributed by atoms with Gasteiger partial charge in [0.25, 0.3) is 0 Å². The van der Waals surface area contributed by atoms with Crippen molar-refractivity contribution in [3.63, 3.8) is 0 Å². The van der Waals surface area contributed by atoms with E-state index < -0.39 is 0 Å². The Morgan fingerprint density at radius 2 is 2.00 bits per heavy atom. The maximum Gasteiger partial charge on any atom is 0.146 e. The summed E-state index contributed by atoms with van der Waals surface area (Å²) in [6.07, 6.45) is 1.89. The van der Waals surface area contributed by atoms with Crippen LogP contribution in [0.2, 0.25) is 0 Å². The average Bonchev–Trinajstić information content (AvgIpc) is 2.69. The van der Waals surface area contributed by atoms with Gasteiger partial charge in [-0.05, 0) is 32.4 Å². The van der Waals surface area contributed by atoms with Crippen LogP contribution in [0.3, 0.4) is 0 Å². The summed E-state index contributed by atoms with van der Waals surface area (Å²) in [5.74, 6) is 1.91. The van der Waals surface area contributed by atoms with Gasteiger partial charge in [-0.15, -0.1) is 0 Å². The van der Waals surface area contributed by atoms with Crippen molar-refractivity contribution in [3.8, 4) is 5.75 Å². The van der Waals surface area contributed by atoms with E-state index in [4.69, 9.17) is 4.74 Å². The summed E-state index contributed by atoms with van der Waals surface area (Å²) in [6, 6.07) is 8.04. The highest BCUT2D eigenvalue weighted by Crippen LogP contribution is 2.17. The summed E-state index contributed by atoms with van der Waals surface area (Å²) in [5, 5.41) is 0. The number of aryl methyl sites for hydroxylation is 2. The molecule has 0 bridgehead atoms. The quantitative estimate of drug-likeness (QED) is 0.807. The minimum Gasteiger partial charge on any atom is -0.485 e. The minimum atomic E-state index is 0.520. The Hall–Kier alpha value is -1.77. The zero-order chi connectivity index (χ0) is 12.3. The summed E-state index contributed by atoms with van der Waals surface area (Å²) >= 11 is 0. The van der Waals surface area contributed by atoms with Gasteiger partial charge in [0.1, 0.15) is 18.2 Å². The van der Waals surface area contributed by atoms with Gasteiger partial charge in [0.05, 0.1) is 0 Å². The van der Waals surface area contributed by atoms with Gasteiger partial charge in [0.2, 0.25) is 0 Å². The lowest BCUT2D eigenvalue weighted by atomic mass is 10.2. The molecule has 0 N–H and O–H groups in total. The first-order valence-corrected chi connectivity index (χ1v) is 5.91. The maximum absolute atomic E-state index is 5.80. The molecule has 1 aromatic heterocycles. The molecule has 1 aromatic carbocycles. The van der Waals surface area contributed by atoms with Crippen molar-refractivity contribution >= 4 is 0 Å². The van der Waals surface area contributed by atoms with Crippen molar-refractivity contribution in [1.82, 2.24) is 9.55 Å². The SMILES string of the molecule is CCn1c(C)cnc1COc1ccccc1C. The Morgan fingerprint density at radius 1 is 1.24 bits per heavy atom. The van der Waals surface area contributed by atoms with Crippen LogP contribution in [0.1, 0.15) is 24.0 Å². The number of rotatable bonds is 4. The average molecular weight is 230 g/mol. The Balaban J connectivity index is 2.10. The molecule has 2 aromatic rings. The summed E-state index contributed by atoms with van der Waals surface area (Å²) in [6.45, 7) is 7.68. The molecule has 0 radical (unpaired) electrons. The Labute approximate surface area is 102 Å². The minimum absolute atomic E-state index is 0.520. The van der Waals surface area contributed by atoms with Crippen LogP contribution < -0.4 is 4.74 Å². The third-order valence-corrected chi connectivity index (χ3v) is 2.90. The number of aromatic nitrogens is 2. The zero-order valence-electron chi connectivity index (χ0n) is 10.6. The molecule has 0 saturated carbocycles. The molecule has 0 aliphatic heterocycles. The van der Waals surface area contributed by atoms with Gasteiger partial charge in [-0.25, -0.2) is 4.98 Å². The van der Waals surface area contributed by atoms with Crippen molar-refractivity contribution in [1.29, 1.82) is 0 Å². The highest BCUT2D eigenvalue weighted by Gasteiger charge is 2.06. The molecule has 0 aliphatic rings. The van der Waals surface area contributed by atoms with Gasteiger partial charge in [0.15, 0.2) is 0 Å². The predicted octanol–water partition coefficient (Wildman–Crippen LogP) is 3.10. The van der Waals surface area contributed by atoms with Crippen LogP contribution in [0.5, 0.6) is 5.75 Å². The third-order valence-electron chi connectivity index (χ3n) is 2.90. The van der Waals surface area contributed by atoms with Gasteiger partial charge >= 0.3 is 0 Å². The Morgan fingerprint density at radius 3 is 2.71 bits per heavy atom. The van der Waals surface area contributed by atoms with Crippen molar-refractivity contribution in [2.45, 2.75) is 33.9 Å². The third kappa shape index (κ3) is 2.49. The lowest BCUT2D eigenvalue weighted by molar-refractivity contribution is 0.287. The van der Waals surface area contributed by atoms with E-state index >= 15 is 0 Å². The molecule has 3 heteroatoms. The lowest BCUT2D eigenvalue weighted by Gasteiger charge is -2.10. The predicted molar refractivity (Wildman–Crippen MR) is 68.1 cm³/mol. The number of hydrogen-bond donors (Lipinski definition) is 0. The molecule has 90 valence electrons. The molecule has 1 heterocycles. The van der Waals surface area contributed by atoms with Crippen LogP contribution >= 0.6 is 0 Å². The number of hydrogen-bond acceptors (Lipinski definition) is 2. The summed E-state index contributed by atoms with van der Waals surface area (Å²) in [7, 11) is 0. The molecule has 3 nitrogen and oxygen atoms in total. The van der Waals surface area contributed by atoms with E-state index in [9.17, 15) is 0 Å². The molecule has 0 unspecified atom stereocenters. The van der Waals surface area contributed by atoms with E-state index in [1.807, 2.05) is 37.4 Å². The van der Waals surface area contributed by atoms with Crippen LogP contribution in [0, 0.1) is 13.8 Å². The van der Waals surface area contributed by atoms with E-state index in [2.05, 4.69) is 23.4 Å². The van der Waals surface area contributed by atoms with Crippen LogP contribution in [0.25, 0.3) is 0 Å². The first-order valence-electron chi connectivity index (χ1n) is 5.91. The molecule has 2 rings (SSSR count). The molecule has 0 saturated heterocycles. The number of imidazole rings is 1. The zero-order valence-corrected chi connectivity index (χ0v) is 10.6. The van der Waals surface area contributed by atoms with Gasteiger partial charge in [-0.3, -0.25) is 0 Å². The largest absolute Gasteiger partial charge is 0.485 e. The van der Waals surface area contributed by atoms with E-state index in [1.165, 1.54) is 5.69 Å². The number of nitrogens with zero attached hydrogens (tertiary/aromatic N) is 2. The fraction of sp³-hybridized carbons (Fsp3) is 0.357. The molecule has 0 atom stereocenters. The van der Waals surface area contributed by atoms with E-state index in [1.54, 1.807) is 0 Å².